The molecule has 1 aliphatic heterocycles. The predicted octanol–water partition coefficient (Wildman–Crippen LogP) is 2.81. The smallest absolute Gasteiger partial charge is 0.220 e. The Labute approximate surface area is 98.6 Å². The van der Waals surface area contributed by atoms with E-state index in [4.69, 9.17) is 23.2 Å². The summed E-state index contributed by atoms with van der Waals surface area (Å²) in [7, 11) is 0. The summed E-state index contributed by atoms with van der Waals surface area (Å²) in [5, 5.41) is 4.07. The van der Waals surface area contributed by atoms with Crippen molar-refractivity contribution in [1.29, 1.82) is 0 Å². The quantitative estimate of drug-likeness (QED) is 0.851. The van der Waals surface area contributed by atoms with E-state index in [1.54, 1.807) is 6.07 Å². The highest BCUT2D eigenvalue weighted by Crippen LogP contribution is 2.27. The zero-order chi connectivity index (χ0) is 10.8. The van der Waals surface area contributed by atoms with Crippen LogP contribution in [0.1, 0.15) is 18.4 Å². The molecule has 0 bridgehead atoms. The minimum absolute atomic E-state index is 0.123. The normalized spacial score (nSPS) is 20.4. The summed E-state index contributed by atoms with van der Waals surface area (Å²) >= 11 is 12.0. The van der Waals surface area contributed by atoms with Gasteiger partial charge >= 0.3 is 0 Å². The van der Waals surface area contributed by atoms with Gasteiger partial charge in [0.05, 0.1) is 10.0 Å². The lowest BCUT2D eigenvalue weighted by atomic mass is 10.0. The molecule has 0 aromatic heterocycles. The van der Waals surface area contributed by atoms with Gasteiger partial charge in [-0.3, -0.25) is 4.79 Å². The number of hydrogen-bond donors (Lipinski definition) is 1. The summed E-state index contributed by atoms with van der Waals surface area (Å²) in [6.45, 7) is 0. The van der Waals surface area contributed by atoms with Gasteiger partial charge < -0.3 is 5.32 Å². The van der Waals surface area contributed by atoms with Gasteiger partial charge in [-0.1, -0.05) is 35.3 Å². The fraction of sp³-hybridized carbons (Fsp3) is 0.364. The molecule has 0 spiro atoms. The molecule has 1 unspecified atom stereocenters. The second kappa shape index (κ2) is 4.42. The maximum Gasteiger partial charge on any atom is 0.220 e. The molecule has 0 aliphatic carbocycles. The van der Waals surface area contributed by atoms with Crippen LogP contribution in [0.2, 0.25) is 10.0 Å². The molecule has 80 valence electrons. The standard InChI is InChI=1S/C11H11Cl2NO/c12-9-3-1-2-7(11(9)13)6-8-4-5-10(15)14-8/h1-3,8H,4-6H2,(H,14,15). The molecule has 0 saturated carbocycles. The molecule has 4 heteroatoms. The van der Waals surface area contributed by atoms with Crippen molar-refractivity contribution in [1.82, 2.24) is 5.32 Å². The van der Waals surface area contributed by atoms with E-state index in [-0.39, 0.29) is 11.9 Å². The van der Waals surface area contributed by atoms with E-state index in [9.17, 15) is 4.79 Å². The van der Waals surface area contributed by atoms with Crippen molar-refractivity contribution in [3.05, 3.63) is 33.8 Å². The highest BCUT2D eigenvalue weighted by atomic mass is 35.5. The molecule has 0 radical (unpaired) electrons. The zero-order valence-corrected chi connectivity index (χ0v) is 9.61. The van der Waals surface area contributed by atoms with Crippen LogP contribution in [0.25, 0.3) is 0 Å². The van der Waals surface area contributed by atoms with Crippen LogP contribution in [0.5, 0.6) is 0 Å². The van der Waals surface area contributed by atoms with Crippen LogP contribution >= 0.6 is 23.2 Å². The molecule has 2 rings (SSSR count). The first-order valence-corrected chi connectivity index (χ1v) is 5.64. The Morgan fingerprint density at radius 1 is 1.40 bits per heavy atom. The van der Waals surface area contributed by atoms with Crippen LogP contribution in [0.4, 0.5) is 0 Å². The topological polar surface area (TPSA) is 29.1 Å². The third-order valence-corrected chi connectivity index (χ3v) is 3.44. The van der Waals surface area contributed by atoms with Crippen molar-refractivity contribution in [3.8, 4) is 0 Å². The summed E-state index contributed by atoms with van der Waals surface area (Å²) < 4.78 is 0. The van der Waals surface area contributed by atoms with Gasteiger partial charge in [-0.2, -0.15) is 0 Å². The number of hydrogen-bond acceptors (Lipinski definition) is 1. The highest BCUT2D eigenvalue weighted by molar-refractivity contribution is 6.42. The monoisotopic (exact) mass is 243 g/mol. The summed E-state index contributed by atoms with van der Waals surface area (Å²) in [6, 6.07) is 5.79. The summed E-state index contributed by atoms with van der Waals surface area (Å²) in [5.41, 5.74) is 0.997. The molecule has 2 nitrogen and oxygen atoms in total. The summed E-state index contributed by atoms with van der Waals surface area (Å²) in [4.78, 5) is 11.0. The number of amides is 1. The van der Waals surface area contributed by atoms with Crippen LogP contribution in [-0.4, -0.2) is 11.9 Å². The number of carbonyl (C=O) groups excluding carboxylic acids is 1. The van der Waals surface area contributed by atoms with Crippen LogP contribution < -0.4 is 5.32 Å². The van der Waals surface area contributed by atoms with E-state index in [0.717, 1.165) is 18.4 Å². The van der Waals surface area contributed by atoms with Gasteiger partial charge in [0.2, 0.25) is 5.91 Å². The summed E-state index contributed by atoms with van der Waals surface area (Å²) in [6.07, 6.45) is 2.25. The average molecular weight is 244 g/mol. The maximum absolute atomic E-state index is 11.0. The van der Waals surface area contributed by atoms with Gasteiger partial charge in [0, 0.05) is 12.5 Å². The van der Waals surface area contributed by atoms with Crippen molar-refractivity contribution in [2.75, 3.05) is 0 Å². The highest BCUT2D eigenvalue weighted by Gasteiger charge is 2.21. The molecular weight excluding hydrogens is 233 g/mol. The van der Waals surface area contributed by atoms with Gasteiger partial charge in [0.25, 0.3) is 0 Å². The fourth-order valence-corrected chi connectivity index (χ4v) is 2.20. The van der Waals surface area contributed by atoms with Crippen molar-refractivity contribution >= 4 is 29.1 Å². The molecule has 1 fully saturated rings. The molecule has 15 heavy (non-hydrogen) atoms. The number of rotatable bonds is 2. The van der Waals surface area contributed by atoms with Crippen LogP contribution in [-0.2, 0) is 11.2 Å². The van der Waals surface area contributed by atoms with E-state index >= 15 is 0 Å². The molecule has 1 heterocycles. The third kappa shape index (κ3) is 2.44. The van der Waals surface area contributed by atoms with Crippen molar-refractivity contribution in [2.45, 2.75) is 25.3 Å². The number of carbonyl (C=O) groups is 1. The molecule has 1 atom stereocenters. The molecular formula is C11H11Cl2NO. The lowest BCUT2D eigenvalue weighted by Gasteiger charge is -2.11. The molecule has 1 saturated heterocycles. The van der Waals surface area contributed by atoms with Crippen molar-refractivity contribution < 1.29 is 4.79 Å². The van der Waals surface area contributed by atoms with E-state index in [0.29, 0.717) is 16.5 Å². The molecule has 1 amide bonds. The number of halogens is 2. The third-order valence-electron chi connectivity index (χ3n) is 2.58. The first-order chi connectivity index (χ1) is 7.16. The van der Waals surface area contributed by atoms with Crippen molar-refractivity contribution in [2.24, 2.45) is 0 Å². The predicted molar refractivity (Wildman–Crippen MR) is 61.3 cm³/mol. The Balaban J connectivity index is 2.11. The van der Waals surface area contributed by atoms with Gasteiger partial charge in [0.1, 0.15) is 0 Å². The van der Waals surface area contributed by atoms with Crippen LogP contribution in [0.3, 0.4) is 0 Å². The number of nitrogens with one attached hydrogen (secondary N) is 1. The van der Waals surface area contributed by atoms with E-state index in [2.05, 4.69) is 5.32 Å². The number of benzene rings is 1. The van der Waals surface area contributed by atoms with Gasteiger partial charge in [-0.25, -0.2) is 0 Å². The second-order valence-corrected chi connectivity index (χ2v) is 4.51. The lowest BCUT2D eigenvalue weighted by Crippen LogP contribution is -2.27. The van der Waals surface area contributed by atoms with E-state index in [1.807, 2.05) is 12.1 Å². The Morgan fingerprint density at radius 2 is 2.20 bits per heavy atom. The Hall–Kier alpha value is -0.730. The molecule has 1 aliphatic rings. The van der Waals surface area contributed by atoms with E-state index in [1.165, 1.54) is 0 Å². The van der Waals surface area contributed by atoms with Crippen LogP contribution in [0.15, 0.2) is 18.2 Å². The first-order valence-electron chi connectivity index (χ1n) is 4.89. The Kier molecular flexibility index (Phi) is 3.17. The van der Waals surface area contributed by atoms with Crippen LogP contribution in [0, 0.1) is 0 Å². The van der Waals surface area contributed by atoms with Gasteiger partial charge in [0.15, 0.2) is 0 Å². The second-order valence-electron chi connectivity index (χ2n) is 3.72. The SMILES string of the molecule is O=C1CCC(Cc2cccc(Cl)c2Cl)N1. The summed E-state index contributed by atoms with van der Waals surface area (Å²) in [5.74, 6) is 0.123. The Morgan fingerprint density at radius 3 is 2.87 bits per heavy atom. The minimum atomic E-state index is 0.123. The lowest BCUT2D eigenvalue weighted by molar-refractivity contribution is -0.119. The fourth-order valence-electron chi connectivity index (χ4n) is 1.80. The van der Waals surface area contributed by atoms with Gasteiger partial charge in [-0.05, 0) is 24.5 Å². The van der Waals surface area contributed by atoms with E-state index < -0.39 is 0 Å². The Bertz CT molecular complexity index is 392. The van der Waals surface area contributed by atoms with Gasteiger partial charge in [-0.15, -0.1) is 0 Å². The molecule has 1 aromatic rings. The maximum atomic E-state index is 11.0. The zero-order valence-electron chi connectivity index (χ0n) is 8.09. The average Bonchev–Trinajstić information content (AvgIpc) is 2.59. The molecule has 1 aromatic carbocycles. The minimum Gasteiger partial charge on any atom is -0.353 e. The van der Waals surface area contributed by atoms with Crippen molar-refractivity contribution in [3.63, 3.8) is 0 Å². The molecule has 1 N–H and O–H groups in total. The first kappa shape index (κ1) is 10.8. The largest absolute Gasteiger partial charge is 0.353 e.